The van der Waals surface area contributed by atoms with Gasteiger partial charge in [0.05, 0.1) is 18.3 Å². The van der Waals surface area contributed by atoms with Crippen LogP contribution >= 0.6 is 0 Å². The van der Waals surface area contributed by atoms with Crippen molar-refractivity contribution in [1.29, 1.82) is 0 Å². The number of ether oxygens (including phenoxy) is 1. The molecule has 2 rings (SSSR count). The van der Waals surface area contributed by atoms with Gasteiger partial charge in [0.2, 0.25) is 0 Å². The molecular weight excluding hydrogens is 243 g/mol. The molecule has 99 valence electrons. The second-order valence-corrected chi connectivity index (χ2v) is 4.38. The largest absolute Gasteiger partial charge is 0.416 e. The van der Waals surface area contributed by atoms with Crippen LogP contribution in [0.5, 0.6) is 0 Å². The molecule has 1 aromatic carbocycles. The second kappa shape index (κ2) is 5.71. The Labute approximate surface area is 104 Å². The van der Waals surface area contributed by atoms with E-state index in [-0.39, 0.29) is 12.7 Å². The zero-order valence-electron chi connectivity index (χ0n) is 9.91. The van der Waals surface area contributed by atoms with Crippen molar-refractivity contribution in [3.8, 4) is 0 Å². The molecule has 18 heavy (non-hydrogen) atoms. The number of nitrogens with zero attached hydrogens (tertiary/aromatic N) is 1. The molecule has 2 nitrogen and oxygen atoms in total. The number of benzene rings is 1. The first-order valence-electron chi connectivity index (χ1n) is 5.97. The maximum atomic E-state index is 12.5. The van der Waals surface area contributed by atoms with Gasteiger partial charge in [-0.15, -0.1) is 0 Å². The van der Waals surface area contributed by atoms with Gasteiger partial charge < -0.3 is 4.74 Å². The Bertz CT molecular complexity index is 386. The molecule has 0 unspecified atom stereocenters. The maximum absolute atomic E-state index is 12.5. The van der Waals surface area contributed by atoms with E-state index in [1.54, 1.807) is 6.07 Å². The Morgan fingerprint density at radius 2 is 1.94 bits per heavy atom. The third kappa shape index (κ3) is 3.71. The van der Waals surface area contributed by atoms with Crippen LogP contribution in [0.3, 0.4) is 0 Å². The summed E-state index contributed by atoms with van der Waals surface area (Å²) in [6.07, 6.45) is -2.45. The molecule has 0 aliphatic carbocycles. The predicted molar refractivity (Wildman–Crippen MR) is 61.1 cm³/mol. The third-order valence-electron chi connectivity index (χ3n) is 2.96. The van der Waals surface area contributed by atoms with E-state index in [2.05, 4.69) is 5.32 Å². The lowest BCUT2D eigenvalue weighted by Gasteiger charge is -2.22. The molecule has 0 aromatic heterocycles. The first-order valence-corrected chi connectivity index (χ1v) is 5.97. The van der Waals surface area contributed by atoms with Gasteiger partial charge in [-0.1, -0.05) is 12.1 Å². The van der Waals surface area contributed by atoms with E-state index in [1.807, 2.05) is 0 Å². The van der Waals surface area contributed by atoms with Crippen molar-refractivity contribution in [3.63, 3.8) is 0 Å². The highest BCUT2D eigenvalue weighted by atomic mass is 19.4. The molecule has 1 radical (unpaired) electrons. The van der Waals surface area contributed by atoms with Crippen LogP contribution in [0.4, 0.5) is 13.2 Å². The standard InChI is InChI=1S/C13H15F3NO/c14-13(15,16)11-3-1-2-10(8-11)9-18-12-4-6-17-7-5-12/h1-3,8,12H,4-7,9H2. The van der Waals surface area contributed by atoms with Gasteiger partial charge in [-0.2, -0.15) is 13.2 Å². The normalized spacial score (nSPS) is 17.9. The summed E-state index contributed by atoms with van der Waals surface area (Å²) in [6, 6.07) is 5.29. The van der Waals surface area contributed by atoms with E-state index in [0.717, 1.165) is 38.1 Å². The van der Waals surface area contributed by atoms with Gasteiger partial charge in [0, 0.05) is 13.1 Å². The monoisotopic (exact) mass is 258 g/mol. The lowest BCUT2D eigenvalue weighted by molar-refractivity contribution is -0.137. The molecule has 0 amide bonds. The summed E-state index contributed by atoms with van der Waals surface area (Å²) in [5.41, 5.74) is -0.0606. The summed E-state index contributed by atoms with van der Waals surface area (Å²) in [5.74, 6) is 0. The molecule has 1 fully saturated rings. The van der Waals surface area contributed by atoms with Gasteiger partial charge in [0.1, 0.15) is 0 Å². The van der Waals surface area contributed by atoms with Crippen LogP contribution in [0, 0.1) is 0 Å². The van der Waals surface area contributed by atoms with Crippen LogP contribution < -0.4 is 5.32 Å². The summed E-state index contributed by atoms with van der Waals surface area (Å²) in [6.45, 7) is 1.80. The summed E-state index contributed by atoms with van der Waals surface area (Å²) in [7, 11) is 0. The molecule has 1 aliphatic rings. The van der Waals surface area contributed by atoms with Crippen molar-refractivity contribution in [3.05, 3.63) is 35.4 Å². The fourth-order valence-electron chi connectivity index (χ4n) is 1.94. The average Bonchev–Trinajstić information content (AvgIpc) is 2.37. The highest BCUT2D eigenvalue weighted by molar-refractivity contribution is 5.25. The fraction of sp³-hybridized carbons (Fsp3) is 0.538. The first-order chi connectivity index (χ1) is 8.55. The minimum atomic E-state index is -4.29. The van der Waals surface area contributed by atoms with Gasteiger partial charge in [-0.3, -0.25) is 0 Å². The quantitative estimate of drug-likeness (QED) is 0.817. The van der Waals surface area contributed by atoms with E-state index in [9.17, 15) is 13.2 Å². The van der Waals surface area contributed by atoms with Crippen molar-refractivity contribution in [2.45, 2.75) is 31.7 Å². The highest BCUT2D eigenvalue weighted by Gasteiger charge is 2.30. The highest BCUT2D eigenvalue weighted by Crippen LogP contribution is 2.29. The number of halogens is 3. The lowest BCUT2D eigenvalue weighted by Crippen LogP contribution is -2.28. The summed E-state index contributed by atoms with van der Waals surface area (Å²) < 4.78 is 43.1. The molecule has 1 heterocycles. The van der Waals surface area contributed by atoms with Crippen LogP contribution in [-0.4, -0.2) is 19.2 Å². The van der Waals surface area contributed by atoms with Crippen molar-refractivity contribution in [1.82, 2.24) is 5.32 Å². The van der Waals surface area contributed by atoms with Crippen molar-refractivity contribution in [2.24, 2.45) is 0 Å². The Hall–Kier alpha value is -1.07. The third-order valence-corrected chi connectivity index (χ3v) is 2.96. The topological polar surface area (TPSA) is 23.3 Å². The number of hydrogen-bond donors (Lipinski definition) is 0. The van der Waals surface area contributed by atoms with E-state index in [4.69, 9.17) is 4.74 Å². The first kappa shape index (κ1) is 13.4. The van der Waals surface area contributed by atoms with Crippen LogP contribution in [0.1, 0.15) is 24.0 Å². The Balaban J connectivity index is 1.92. The van der Waals surface area contributed by atoms with Crippen LogP contribution in [0.15, 0.2) is 24.3 Å². The molecule has 0 atom stereocenters. The molecular formula is C13H15F3NO. The molecule has 1 saturated heterocycles. The Morgan fingerprint density at radius 3 is 2.61 bits per heavy atom. The van der Waals surface area contributed by atoms with E-state index >= 15 is 0 Å². The van der Waals surface area contributed by atoms with Crippen molar-refractivity contribution < 1.29 is 17.9 Å². The molecule has 0 bridgehead atoms. The number of hydrogen-bond acceptors (Lipinski definition) is 1. The van der Waals surface area contributed by atoms with Crippen molar-refractivity contribution in [2.75, 3.05) is 13.1 Å². The molecule has 0 saturated carbocycles. The SMILES string of the molecule is FC(F)(F)c1cccc(COC2CC[N]CC2)c1. The van der Waals surface area contributed by atoms with E-state index in [1.165, 1.54) is 6.07 Å². The number of piperidine rings is 1. The molecule has 0 N–H and O–H groups in total. The molecule has 5 heteroatoms. The Kier molecular flexibility index (Phi) is 4.24. The maximum Gasteiger partial charge on any atom is 0.416 e. The summed E-state index contributed by atoms with van der Waals surface area (Å²) in [4.78, 5) is 0. The molecule has 1 aromatic rings. The van der Waals surface area contributed by atoms with Crippen LogP contribution in [0.2, 0.25) is 0 Å². The van der Waals surface area contributed by atoms with Crippen molar-refractivity contribution >= 4 is 0 Å². The minimum absolute atomic E-state index is 0.122. The second-order valence-electron chi connectivity index (χ2n) is 4.38. The van der Waals surface area contributed by atoms with E-state index in [0.29, 0.717) is 5.56 Å². The van der Waals surface area contributed by atoms with Gasteiger partial charge in [-0.25, -0.2) is 5.32 Å². The summed E-state index contributed by atoms with van der Waals surface area (Å²) in [5, 5.41) is 4.20. The lowest BCUT2D eigenvalue weighted by atomic mass is 10.1. The van der Waals surface area contributed by atoms with Gasteiger partial charge in [0.15, 0.2) is 0 Å². The number of alkyl halides is 3. The number of rotatable bonds is 3. The Morgan fingerprint density at radius 1 is 1.22 bits per heavy atom. The smallest absolute Gasteiger partial charge is 0.373 e. The molecule has 0 spiro atoms. The van der Waals surface area contributed by atoms with Gasteiger partial charge in [-0.05, 0) is 30.5 Å². The van der Waals surface area contributed by atoms with Gasteiger partial charge in [0.25, 0.3) is 0 Å². The zero-order valence-corrected chi connectivity index (χ0v) is 9.91. The zero-order chi connectivity index (χ0) is 13.0. The summed E-state index contributed by atoms with van der Waals surface area (Å²) >= 11 is 0. The predicted octanol–water partition coefficient (Wildman–Crippen LogP) is 2.99. The fourth-order valence-corrected chi connectivity index (χ4v) is 1.94. The van der Waals surface area contributed by atoms with Gasteiger partial charge >= 0.3 is 6.18 Å². The van der Waals surface area contributed by atoms with E-state index < -0.39 is 11.7 Å². The molecule has 1 aliphatic heterocycles. The average molecular weight is 258 g/mol. The minimum Gasteiger partial charge on any atom is -0.373 e. The van der Waals surface area contributed by atoms with Crippen LogP contribution in [-0.2, 0) is 17.5 Å². The van der Waals surface area contributed by atoms with Crippen LogP contribution in [0.25, 0.3) is 0 Å².